The number of halogens is 1. The van der Waals surface area contributed by atoms with Crippen molar-refractivity contribution in [2.24, 2.45) is 11.7 Å². The summed E-state index contributed by atoms with van der Waals surface area (Å²) in [7, 11) is 2.12. The van der Waals surface area contributed by atoms with Gasteiger partial charge in [-0.3, -0.25) is 0 Å². The number of rotatable bonds is 6. The van der Waals surface area contributed by atoms with Crippen molar-refractivity contribution in [2.75, 3.05) is 18.5 Å². The van der Waals surface area contributed by atoms with Crippen LogP contribution in [0.2, 0.25) is 5.02 Å². The summed E-state index contributed by atoms with van der Waals surface area (Å²) in [6.45, 7) is 7.57. The van der Waals surface area contributed by atoms with Crippen molar-refractivity contribution in [2.45, 2.75) is 39.7 Å². The van der Waals surface area contributed by atoms with Crippen LogP contribution in [0.3, 0.4) is 0 Å². The lowest BCUT2D eigenvalue weighted by Crippen LogP contribution is -2.26. The zero-order chi connectivity index (χ0) is 13.7. The van der Waals surface area contributed by atoms with Crippen LogP contribution in [0.4, 0.5) is 5.69 Å². The molecule has 0 fully saturated rings. The second-order valence-electron chi connectivity index (χ2n) is 5.38. The molecule has 0 amide bonds. The molecule has 3 heteroatoms. The quantitative estimate of drug-likeness (QED) is 0.852. The van der Waals surface area contributed by atoms with Crippen molar-refractivity contribution in [1.82, 2.24) is 0 Å². The Labute approximate surface area is 116 Å². The van der Waals surface area contributed by atoms with Crippen molar-refractivity contribution in [1.29, 1.82) is 0 Å². The van der Waals surface area contributed by atoms with Gasteiger partial charge in [0.05, 0.1) is 0 Å². The highest BCUT2D eigenvalue weighted by atomic mass is 35.5. The van der Waals surface area contributed by atoms with Crippen LogP contribution in [-0.2, 0) is 6.42 Å². The number of nitrogens with two attached hydrogens (primary N) is 1. The molecule has 0 aliphatic rings. The zero-order valence-electron chi connectivity index (χ0n) is 11.9. The molecule has 0 aliphatic carbocycles. The Bertz CT molecular complexity index is 377. The summed E-state index contributed by atoms with van der Waals surface area (Å²) < 4.78 is 0. The largest absolute Gasteiger partial charge is 0.374 e. The molecule has 0 heterocycles. The number of hydrogen-bond acceptors (Lipinski definition) is 2. The normalized spacial score (nSPS) is 12.8. The summed E-state index contributed by atoms with van der Waals surface area (Å²) in [6, 6.07) is 6.27. The van der Waals surface area contributed by atoms with Crippen LogP contribution in [-0.4, -0.2) is 19.6 Å². The molecular weight excluding hydrogens is 244 g/mol. The summed E-state index contributed by atoms with van der Waals surface area (Å²) in [6.07, 6.45) is 1.81. The summed E-state index contributed by atoms with van der Waals surface area (Å²) in [5.41, 5.74) is 8.45. The summed E-state index contributed by atoms with van der Waals surface area (Å²) >= 11 is 6.33. The summed E-state index contributed by atoms with van der Waals surface area (Å²) in [5.74, 6) is 0.627. The second-order valence-corrected chi connectivity index (χ2v) is 5.79. The minimum absolute atomic E-state index is 0.177. The molecule has 1 atom stereocenters. The number of anilines is 1. The highest BCUT2D eigenvalue weighted by molar-refractivity contribution is 6.31. The molecule has 1 unspecified atom stereocenters. The van der Waals surface area contributed by atoms with Gasteiger partial charge in [-0.2, -0.15) is 0 Å². The lowest BCUT2D eigenvalue weighted by atomic mass is 10.0. The van der Waals surface area contributed by atoms with Crippen LogP contribution in [0.15, 0.2) is 18.2 Å². The van der Waals surface area contributed by atoms with E-state index in [1.54, 1.807) is 0 Å². The van der Waals surface area contributed by atoms with Crippen LogP contribution >= 0.6 is 11.6 Å². The van der Waals surface area contributed by atoms with Gasteiger partial charge >= 0.3 is 0 Å². The van der Waals surface area contributed by atoms with Crippen molar-refractivity contribution in [3.8, 4) is 0 Å². The molecule has 0 saturated carbocycles. The fraction of sp³-hybridized carbons (Fsp3) is 0.600. The van der Waals surface area contributed by atoms with Gasteiger partial charge in [0.15, 0.2) is 0 Å². The molecule has 2 nitrogen and oxygen atoms in total. The lowest BCUT2D eigenvalue weighted by Gasteiger charge is -2.26. The molecule has 0 radical (unpaired) electrons. The van der Waals surface area contributed by atoms with Gasteiger partial charge in [0.25, 0.3) is 0 Å². The van der Waals surface area contributed by atoms with E-state index >= 15 is 0 Å². The molecule has 0 aliphatic heterocycles. The van der Waals surface area contributed by atoms with Crippen molar-refractivity contribution >= 4 is 17.3 Å². The van der Waals surface area contributed by atoms with E-state index in [0.717, 1.165) is 24.4 Å². The molecular formula is C15H25ClN2. The molecule has 18 heavy (non-hydrogen) atoms. The van der Waals surface area contributed by atoms with Gasteiger partial charge in [-0.05, 0) is 36.5 Å². The molecule has 1 rings (SSSR count). The molecule has 1 aromatic carbocycles. The number of nitrogens with zero attached hydrogens (tertiary/aromatic N) is 1. The van der Waals surface area contributed by atoms with E-state index in [2.05, 4.69) is 38.8 Å². The first kappa shape index (κ1) is 15.3. The van der Waals surface area contributed by atoms with E-state index < -0.39 is 0 Å². The minimum atomic E-state index is 0.177. The second kappa shape index (κ2) is 7.01. The van der Waals surface area contributed by atoms with Gasteiger partial charge < -0.3 is 10.6 Å². The van der Waals surface area contributed by atoms with Crippen LogP contribution in [0.25, 0.3) is 0 Å². The van der Waals surface area contributed by atoms with E-state index in [-0.39, 0.29) is 6.04 Å². The average Bonchev–Trinajstić information content (AvgIpc) is 2.30. The number of benzene rings is 1. The Morgan fingerprint density at radius 2 is 2.00 bits per heavy atom. The molecule has 0 spiro atoms. The lowest BCUT2D eigenvalue weighted by molar-refractivity contribution is 0.626. The molecule has 0 aromatic heterocycles. The maximum atomic E-state index is 6.33. The summed E-state index contributed by atoms with van der Waals surface area (Å²) in [4.78, 5) is 2.27. The molecule has 2 N–H and O–H groups in total. The van der Waals surface area contributed by atoms with E-state index in [0.29, 0.717) is 5.92 Å². The van der Waals surface area contributed by atoms with Gasteiger partial charge in [0.2, 0.25) is 0 Å². The first-order valence-corrected chi connectivity index (χ1v) is 7.07. The van der Waals surface area contributed by atoms with Gasteiger partial charge in [-0.15, -0.1) is 0 Å². The summed E-state index contributed by atoms with van der Waals surface area (Å²) in [5, 5.41) is 0.826. The predicted octanol–water partition coefficient (Wildman–Crippen LogP) is 3.71. The topological polar surface area (TPSA) is 29.3 Å². The van der Waals surface area contributed by atoms with Crippen LogP contribution in [0.5, 0.6) is 0 Å². The Kier molecular flexibility index (Phi) is 5.97. The van der Waals surface area contributed by atoms with Crippen LogP contribution < -0.4 is 10.6 Å². The maximum absolute atomic E-state index is 6.33. The predicted molar refractivity (Wildman–Crippen MR) is 81.5 cm³/mol. The number of hydrogen-bond donors (Lipinski definition) is 1. The third kappa shape index (κ3) is 4.18. The highest BCUT2D eigenvalue weighted by Crippen LogP contribution is 2.28. The fourth-order valence-electron chi connectivity index (χ4n) is 2.16. The molecule has 0 saturated heterocycles. The first-order valence-electron chi connectivity index (χ1n) is 6.69. The molecule has 1 aromatic rings. The Hall–Kier alpha value is -0.730. The maximum Gasteiger partial charge on any atom is 0.0459 e. The smallest absolute Gasteiger partial charge is 0.0459 e. The average molecular weight is 269 g/mol. The van der Waals surface area contributed by atoms with E-state index in [1.165, 1.54) is 11.3 Å². The fourth-order valence-corrected chi connectivity index (χ4v) is 2.41. The highest BCUT2D eigenvalue weighted by Gasteiger charge is 2.14. The van der Waals surface area contributed by atoms with Gasteiger partial charge in [0.1, 0.15) is 0 Å². The van der Waals surface area contributed by atoms with Gasteiger partial charge in [-0.25, -0.2) is 0 Å². The molecule has 0 bridgehead atoms. The van der Waals surface area contributed by atoms with E-state index in [9.17, 15) is 0 Å². The van der Waals surface area contributed by atoms with E-state index in [4.69, 9.17) is 17.3 Å². The first-order chi connectivity index (χ1) is 8.45. The monoisotopic (exact) mass is 268 g/mol. The Balaban J connectivity index is 2.99. The SMILES string of the molecule is CCC(N)Cc1c(Cl)cccc1N(C)CC(C)C. The third-order valence-electron chi connectivity index (χ3n) is 3.14. The van der Waals surface area contributed by atoms with Gasteiger partial charge in [-0.1, -0.05) is 38.4 Å². The van der Waals surface area contributed by atoms with Crippen molar-refractivity contribution < 1.29 is 0 Å². The van der Waals surface area contributed by atoms with E-state index in [1.807, 2.05) is 12.1 Å². The minimum Gasteiger partial charge on any atom is -0.374 e. The standard InChI is InChI=1S/C15H25ClN2/c1-5-12(17)9-13-14(16)7-6-8-15(13)18(4)10-11(2)3/h6-8,11-12H,5,9-10,17H2,1-4H3. The van der Waals surface area contributed by atoms with Crippen molar-refractivity contribution in [3.63, 3.8) is 0 Å². The third-order valence-corrected chi connectivity index (χ3v) is 3.49. The zero-order valence-corrected chi connectivity index (χ0v) is 12.7. The van der Waals surface area contributed by atoms with Crippen LogP contribution in [0, 0.1) is 5.92 Å². The molecule has 102 valence electrons. The van der Waals surface area contributed by atoms with Crippen molar-refractivity contribution in [3.05, 3.63) is 28.8 Å². The Morgan fingerprint density at radius 1 is 1.33 bits per heavy atom. The van der Waals surface area contributed by atoms with Crippen LogP contribution in [0.1, 0.15) is 32.8 Å². The Morgan fingerprint density at radius 3 is 2.56 bits per heavy atom. The van der Waals surface area contributed by atoms with Gasteiger partial charge in [0, 0.05) is 30.3 Å².